The molecule has 1 saturated heterocycles. The first-order valence-corrected chi connectivity index (χ1v) is 11.7. The summed E-state index contributed by atoms with van der Waals surface area (Å²) < 4.78 is 34.3. The fourth-order valence-corrected chi connectivity index (χ4v) is 4.86. The Morgan fingerprint density at radius 3 is 2.71 bits per heavy atom. The fourth-order valence-electron chi connectivity index (χ4n) is 4.86. The monoisotopic (exact) mass is 474 g/mol. The van der Waals surface area contributed by atoms with E-state index in [4.69, 9.17) is 28.4 Å². The molecule has 1 aliphatic carbocycles. The van der Waals surface area contributed by atoms with Crippen LogP contribution in [0.3, 0.4) is 0 Å². The van der Waals surface area contributed by atoms with Crippen LogP contribution in [0.15, 0.2) is 30.4 Å². The number of methoxy groups -OCH3 is 2. The molecule has 1 aromatic carbocycles. The van der Waals surface area contributed by atoms with Crippen molar-refractivity contribution in [3.05, 3.63) is 41.5 Å². The number of esters is 1. The molecule has 0 radical (unpaired) electrons. The van der Waals surface area contributed by atoms with Crippen molar-refractivity contribution < 1.29 is 38.3 Å². The minimum Gasteiger partial charge on any atom is -0.497 e. The Labute approximate surface area is 200 Å². The molecule has 0 spiro atoms. The molecular weight excluding hydrogens is 440 g/mol. The number of hydrogen-bond acceptors (Lipinski definition) is 8. The second-order valence-electron chi connectivity index (χ2n) is 9.33. The van der Waals surface area contributed by atoms with E-state index < -0.39 is 24.0 Å². The number of fused-ring (bicyclic) bond motifs is 3. The molecule has 5 atom stereocenters. The maximum Gasteiger partial charge on any atom is 0.342 e. The zero-order valence-corrected chi connectivity index (χ0v) is 20.2. The molecule has 1 unspecified atom stereocenters. The van der Waals surface area contributed by atoms with Crippen LogP contribution in [-0.2, 0) is 18.9 Å². The Morgan fingerprint density at radius 2 is 1.94 bits per heavy atom. The fraction of sp³-hybridized carbons (Fsp3) is 0.577. The average Bonchev–Trinajstić information content (AvgIpc) is 3.37. The average molecular weight is 475 g/mol. The summed E-state index contributed by atoms with van der Waals surface area (Å²) >= 11 is 0. The molecule has 3 aliphatic rings. The van der Waals surface area contributed by atoms with Gasteiger partial charge in [-0.05, 0) is 51.2 Å². The van der Waals surface area contributed by atoms with Crippen molar-refractivity contribution in [3.63, 3.8) is 0 Å². The van der Waals surface area contributed by atoms with Crippen LogP contribution in [0.25, 0.3) is 6.08 Å². The first-order chi connectivity index (χ1) is 16.3. The molecule has 0 bridgehead atoms. The molecule has 0 amide bonds. The van der Waals surface area contributed by atoms with E-state index in [9.17, 15) is 9.90 Å². The van der Waals surface area contributed by atoms with E-state index in [0.717, 1.165) is 19.3 Å². The van der Waals surface area contributed by atoms with Crippen LogP contribution >= 0.6 is 0 Å². The summed E-state index contributed by atoms with van der Waals surface area (Å²) in [5, 5.41) is 10.9. The quantitative estimate of drug-likeness (QED) is 0.400. The van der Waals surface area contributed by atoms with Gasteiger partial charge in [-0.2, -0.15) is 0 Å². The highest BCUT2D eigenvalue weighted by atomic mass is 16.8. The highest BCUT2D eigenvalue weighted by Gasteiger charge is 2.43. The molecule has 0 aromatic heterocycles. The molecule has 8 heteroatoms. The highest BCUT2D eigenvalue weighted by molar-refractivity contribution is 5.97. The molecule has 1 aromatic rings. The third-order valence-electron chi connectivity index (χ3n) is 6.42. The van der Waals surface area contributed by atoms with Gasteiger partial charge in [0, 0.05) is 19.1 Å². The Hall–Kier alpha value is -2.39. The van der Waals surface area contributed by atoms with Crippen molar-refractivity contribution in [2.45, 2.75) is 69.7 Å². The van der Waals surface area contributed by atoms with Gasteiger partial charge in [-0.25, -0.2) is 4.79 Å². The number of carbonyl (C=O) groups is 1. The number of hydrogen-bond donors (Lipinski definition) is 1. The zero-order valence-electron chi connectivity index (χ0n) is 20.2. The Morgan fingerprint density at radius 1 is 1.12 bits per heavy atom. The van der Waals surface area contributed by atoms with Gasteiger partial charge in [-0.1, -0.05) is 24.3 Å². The van der Waals surface area contributed by atoms with Crippen LogP contribution in [0.5, 0.6) is 11.5 Å². The molecular formula is C26H34O8. The number of aliphatic hydroxyl groups excluding tert-OH is 1. The van der Waals surface area contributed by atoms with E-state index >= 15 is 0 Å². The molecule has 1 N–H and O–H groups in total. The van der Waals surface area contributed by atoms with Crippen LogP contribution in [0.1, 0.15) is 55.5 Å². The molecule has 34 heavy (non-hydrogen) atoms. The van der Waals surface area contributed by atoms with Gasteiger partial charge in [0.05, 0.1) is 13.2 Å². The van der Waals surface area contributed by atoms with Gasteiger partial charge in [-0.3, -0.25) is 0 Å². The van der Waals surface area contributed by atoms with Gasteiger partial charge in [0.2, 0.25) is 0 Å². The predicted octanol–water partition coefficient (Wildman–Crippen LogP) is 3.86. The Kier molecular flexibility index (Phi) is 7.62. The van der Waals surface area contributed by atoms with Gasteiger partial charge in [0.25, 0.3) is 0 Å². The molecule has 186 valence electrons. The standard InChI is InChI=1S/C26H34O8/c1-26(2)33-21-10-6-8-17-13-18(30-4)14-22(31-15-29-3)23(17)25(28)32-20-9-5-7-16(20)11-12-19(27)24(21)34-26/h6,8,11-14,16,19-21,24,27H,5,7,9-10,15H2,1-4H3/b8-6?,12-11-/t16-,19?,20-,21-,24+/m0/s1. The van der Waals surface area contributed by atoms with E-state index in [0.29, 0.717) is 29.0 Å². The molecule has 4 rings (SSSR count). The van der Waals surface area contributed by atoms with Crippen LogP contribution in [0.2, 0.25) is 0 Å². The van der Waals surface area contributed by atoms with Gasteiger partial charge in [0.15, 0.2) is 12.6 Å². The van der Waals surface area contributed by atoms with Gasteiger partial charge in [0.1, 0.15) is 35.4 Å². The third kappa shape index (κ3) is 5.46. The Bertz CT molecular complexity index is 937. The van der Waals surface area contributed by atoms with Crippen molar-refractivity contribution in [2.75, 3.05) is 21.0 Å². The lowest BCUT2D eigenvalue weighted by Crippen LogP contribution is -2.34. The molecule has 2 heterocycles. The number of carbonyl (C=O) groups excluding carboxylic acids is 1. The summed E-state index contributed by atoms with van der Waals surface area (Å²) in [5.74, 6) is -0.381. The molecule has 2 aliphatic heterocycles. The zero-order chi connectivity index (χ0) is 24.3. The van der Waals surface area contributed by atoms with E-state index in [1.807, 2.05) is 32.1 Å². The van der Waals surface area contributed by atoms with Crippen LogP contribution in [-0.4, -0.2) is 62.3 Å². The van der Waals surface area contributed by atoms with E-state index in [-0.39, 0.29) is 24.9 Å². The van der Waals surface area contributed by atoms with Crippen LogP contribution < -0.4 is 9.47 Å². The summed E-state index contributed by atoms with van der Waals surface area (Å²) in [6, 6.07) is 3.43. The minimum absolute atomic E-state index is 0.0101. The normalized spacial score (nSPS) is 31.6. The molecule has 8 nitrogen and oxygen atoms in total. The van der Waals surface area contributed by atoms with E-state index in [1.165, 1.54) is 7.11 Å². The maximum absolute atomic E-state index is 13.4. The first kappa shape index (κ1) is 24.7. The summed E-state index contributed by atoms with van der Waals surface area (Å²) in [4.78, 5) is 13.4. The molecule has 2 fully saturated rings. The number of benzene rings is 1. The van der Waals surface area contributed by atoms with Crippen molar-refractivity contribution in [1.29, 1.82) is 0 Å². The van der Waals surface area contributed by atoms with Gasteiger partial charge < -0.3 is 33.5 Å². The van der Waals surface area contributed by atoms with Gasteiger partial charge in [-0.15, -0.1) is 0 Å². The number of ether oxygens (including phenoxy) is 6. The van der Waals surface area contributed by atoms with Crippen molar-refractivity contribution in [3.8, 4) is 11.5 Å². The second kappa shape index (κ2) is 10.5. The van der Waals surface area contributed by atoms with Gasteiger partial charge >= 0.3 is 5.97 Å². The number of aliphatic hydroxyl groups is 1. The number of rotatable bonds is 4. The lowest BCUT2D eigenvalue weighted by Gasteiger charge is -2.22. The van der Waals surface area contributed by atoms with Crippen molar-refractivity contribution >= 4 is 12.0 Å². The lowest BCUT2D eigenvalue weighted by atomic mass is 9.98. The summed E-state index contributed by atoms with van der Waals surface area (Å²) in [6.07, 6.45) is 8.48. The predicted molar refractivity (Wildman–Crippen MR) is 125 cm³/mol. The third-order valence-corrected chi connectivity index (χ3v) is 6.42. The minimum atomic E-state index is -0.832. The van der Waals surface area contributed by atoms with E-state index in [1.54, 1.807) is 25.3 Å². The maximum atomic E-state index is 13.4. The van der Waals surface area contributed by atoms with Crippen LogP contribution in [0.4, 0.5) is 0 Å². The largest absolute Gasteiger partial charge is 0.497 e. The Balaban J connectivity index is 1.76. The van der Waals surface area contributed by atoms with E-state index in [2.05, 4.69) is 0 Å². The first-order valence-electron chi connectivity index (χ1n) is 11.7. The summed E-state index contributed by atoms with van der Waals surface area (Å²) in [6.45, 7) is 3.66. The molecule has 1 saturated carbocycles. The van der Waals surface area contributed by atoms with Crippen molar-refractivity contribution in [1.82, 2.24) is 0 Å². The highest BCUT2D eigenvalue weighted by Crippen LogP contribution is 2.37. The summed E-state index contributed by atoms with van der Waals surface area (Å²) in [5.41, 5.74) is 0.925. The lowest BCUT2D eigenvalue weighted by molar-refractivity contribution is -0.152. The second-order valence-corrected chi connectivity index (χ2v) is 9.33. The topological polar surface area (TPSA) is 92.7 Å². The summed E-state index contributed by atoms with van der Waals surface area (Å²) in [7, 11) is 3.07. The van der Waals surface area contributed by atoms with Crippen molar-refractivity contribution in [2.24, 2.45) is 5.92 Å². The smallest absolute Gasteiger partial charge is 0.342 e. The SMILES string of the molecule is COCOc1cc(OC)cc2c1C(=O)O[C@H]1CCC[C@H]1/C=C\C(O)[C@H]1OC(C)(C)O[C@H]1CC=C2. The van der Waals surface area contributed by atoms with Crippen LogP contribution in [0, 0.1) is 5.92 Å².